The molecule has 0 bridgehead atoms. The Morgan fingerprint density at radius 3 is 2.29 bits per heavy atom. The van der Waals surface area contributed by atoms with Gasteiger partial charge < -0.3 is 5.73 Å². The predicted molar refractivity (Wildman–Crippen MR) is 56.3 cm³/mol. The zero-order chi connectivity index (χ0) is 13.2. The van der Waals surface area contributed by atoms with Crippen molar-refractivity contribution in [2.75, 3.05) is 0 Å². The van der Waals surface area contributed by atoms with Crippen molar-refractivity contribution in [3.63, 3.8) is 0 Å². The smallest absolute Gasteiger partial charge is 0.324 e. The van der Waals surface area contributed by atoms with E-state index in [1.807, 2.05) is 0 Å². The second kappa shape index (κ2) is 5.30. The molecule has 0 aliphatic carbocycles. The Labute approximate surface area is 103 Å². The van der Waals surface area contributed by atoms with Crippen molar-refractivity contribution in [2.45, 2.75) is 25.1 Å². The number of hydrogen-bond acceptors (Lipinski definition) is 1. The van der Waals surface area contributed by atoms with E-state index in [1.54, 1.807) is 0 Å². The van der Waals surface area contributed by atoms with E-state index in [0.717, 1.165) is 12.1 Å². The normalized spacial score (nSPS) is 13.8. The molecule has 0 saturated carbocycles. The van der Waals surface area contributed by atoms with E-state index in [9.17, 15) is 22.0 Å². The molecule has 0 aliphatic rings. The number of hydrogen-bond donors (Lipinski definition) is 1. The van der Waals surface area contributed by atoms with E-state index in [4.69, 9.17) is 5.73 Å². The molecule has 0 heterocycles. The summed E-state index contributed by atoms with van der Waals surface area (Å²) in [7, 11) is 0. The number of nitrogens with two attached hydrogens (primary N) is 1. The Morgan fingerprint density at radius 1 is 1.18 bits per heavy atom. The zero-order valence-electron chi connectivity index (χ0n) is 8.49. The van der Waals surface area contributed by atoms with E-state index in [-0.39, 0.29) is 10.0 Å². The third kappa shape index (κ3) is 4.23. The molecule has 0 amide bonds. The molecule has 1 aromatic rings. The molecule has 0 spiro atoms. The van der Waals surface area contributed by atoms with Crippen LogP contribution in [0, 0.1) is 11.6 Å². The SMILES string of the molecule is NC(CCC(F)(F)F)c1cc(F)c(Br)cc1F. The van der Waals surface area contributed by atoms with E-state index in [2.05, 4.69) is 15.9 Å². The molecule has 0 aromatic heterocycles. The van der Waals surface area contributed by atoms with Gasteiger partial charge in [0.2, 0.25) is 0 Å². The molecule has 1 aromatic carbocycles. The summed E-state index contributed by atoms with van der Waals surface area (Å²) in [6.07, 6.45) is -5.98. The third-order valence-corrected chi connectivity index (χ3v) is 2.79. The second-order valence-electron chi connectivity index (χ2n) is 3.55. The van der Waals surface area contributed by atoms with Crippen molar-refractivity contribution in [3.05, 3.63) is 33.8 Å². The first kappa shape index (κ1) is 14.4. The first-order chi connectivity index (χ1) is 7.70. The van der Waals surface area contributed by atoms with Crippen LogP contribution < -0.4 is 5.73 Å². The minimum absolute atomic E-state index is 0.0956. The van der Waals surface area contributed by atoms with Gasteiger partial charge in [0.05, 0.1) is 4.47 Å². The van der Waals surface area contributed by atoms with Crippen molar-refractivity contribution < 1.29 is 22.0 Å². The summed E-state index contributed by atoms with van der Waals surface area (Å²) in [5.41, 5.74) is 5.15. The van der Waals surface area contributed by atoms with Gasteiger partial charge in [-0.3, -0.25) is 0 Å². The van der Waals surface area contributed by atoms with Gasteiger partial charge in [-0.1, -0.05) is 0 Å². The molecule has 7 heteroatoms. The van der Waals surface area contributed by atoms with E-state index in [0.29, 0.717) is 0 Å². The predicted octanol–water partition coefficient (Wildman–Crippen LogP) is 4.07. The Hall–Kier alpha value is -0.690. The molecule has 1 rings (SSSR count). The van der Waals surface area contributed by atoms with Gasteiger partial charge in [-0.2, -0.15) is 13.2 Å². The minimum atomic E-state index is -4.36. The summed E-state index contributed by atoms with van der Waals surface area (Å²) < 4.78 is 62.2. The number of alkyl halides is 3. The summed E-state index contributed by atoms with van der Waals surface area (Å²) in [5, 5.41) is 0. The van der Waals surface area contributed by atoms with Crippen molar-refractivity contribution >= 4 is 15.9 Å². The van der Waals surface area contributed by atoms with Crippen LogP contribution in [0.1, 0.15) is 24.4 Å². The van der Waals surface area contributed by atoms with Crippen LogP contribution in [0.4, 0.5) is 22.0 Å². The fraction of sp³-hybridized carbons (Fsp3) is 0.400. The maximum absolute atomic E-state index is 13.3. The van der Waals surface area contributed by atoms with Crippen LogP contribution in [0.25, 0.3) is 0 Å². The van der Waals surface area contributed by atoms with Gasteiger partial charge in [0, 0.05) is 18.0 Å². The van der Waals surface area contributed by atoms with Crippen LogP contribution in [0.3, 0.4) is 0 Å². The minimum Gasteiger partial charge on any atom is -0.324 e. The number of halogens is 6. The Kier molecular flexibility index (Phi) is 4.48. The van der Waals surface area contributed by atoms with Gasteiger partial charge in [0.1, 0.15) is 11.6 Å². The summed E-state index contributed by atoms with van der Waals surface area (Å²) >= 11 is 2.76. The Balaban J connectivity index is 2.82. The first-order valence-corrected chi connectivity index (χ1v) is 5.47. The highest BCUT2D eigenvalue weighted by molar-refractivity contribution is 9.10. The third-order valence-electron chi connectivity index (χ3n) is 2.18. The van der Waals surface area contributed by atoms with Gasteiger partial charge in [-0.25, -0.2) is 8.78 Å². The van der Waals surface area contributed by atoms with Gasteiger partial charge in [-0.05, 0) is 34.5 Å². The van der Waals surface area contributed by atoms with Crippen LogP contribution in [0.15, 0.2) is 16.6 Å². The van der Waals surface area contributed by atoms with Crippen LogP contribution in [0.2, 0.25) is 0 Å². The largest absolute Gasteiger partial charge is 0.389 e. The maximum atomic E-state index is 13.3. The maximum Gasteiger partial charge on any atom is 0.389 e. The van der Waals surface area contributed by atoms with Crippen molar-refractivity contribution in [2.24, 2.45) is 5.73 Å². The standard InChI is InChI=1S/C10H9BrF5N/c11-6-4-7(12)5(3-8(6)13)9(17)1-2-10(14,15)16/h3-4,9H,1-2,17H2. The molecule has 1 atom stereocenters. The highest BCUT2D eigenvalue weighted by Crippen LogP contribution is 2.29. The van der Waals surface area contributed by atoms with Crippen molar-refractivity contribution in [1.29, 1.82) is 0 Å². The summed E-state index contributed by atoms with van der Waals surface area (Å²) in [4.78, 5) is 0. The van der Waals surface area contributed by atoms with Gasteiger partial charge in [0.25, 0.3) is 0 Å². The number of benzene rings is 1. The molecule has 0 radical (unpaired) electrons. The quantitative estimate of drug-likeness (QED) is 0.660. The van der Waals surface area contributed by atoms with Gasteiger partial charge in [0.15, 0.2) is 0 Å². The number of rotatable bonds is 3. The van der Waals surface area contributed by atoms with Crippen LogP contribution in [0.5, 0.6) is 0 Å². The van der Waals surface area contributed by atoms with Gasteiger partial charge in [-0.15, -0.1) is 0 Å². The Bertz CT molecular complexity index is 404. The summed E-state index contributed by atoms with van der Waals surface area (Å²) in [6.45, 7) is 0. The molecule has 96 valence electrons. The molecule has 1 unspecified atom stereocenters. The van der Waals surface area contributed by atoms with Crippen LogP contribution >= 0.6 is 15.9 Å². The lowest BCUT2D eigenvalue weighted by Crippen LogP contribution is -2.17. The molecule has 2 N–H and O–H groups in total. The summed E-state index contributed by atoms with van der Waals surface area (Å²) in [6, 6.07) is 0.470. The highest BCUT2D eigenvalue weighted by Gasteiger charge is 2.28. The first-order valence-electron chi connectivity index (χ1n) is 4.67. The van der Waals surface area contributed by atoms with Crippen LogP contribution in [-0.2, 0) is 0 Å². The molecule has 0 saturated heterocycles. The highest BCUT2D eigenvalue weighted by atomic mass is 79.9. The topological polar surface area (TPSA) is 26.0 Å². The second-order valence-corrected chi connectivity index (χ2v) is 4.40. The molecule has 0 fully saturated rings. The lowest BCUT2D eigenvalue weighted by molar-refractivity contribution is -0.136. The van der Waals surface area contributed by atoms with E-state index >= 15 is 0 Å². The lowest BCUT2D eigenvalue weighted by Gasteiger charge is -2.14. The fourth-order valence-corrected chi connectivity index (χ4v) is 1.61. The monoisotopic (exact) mass is 317 g/mol. The van der Waals surface area contributed by atoms with E-state index in [1.165, 1.54) is 0 Å². The van der Waals surface area contributed by atoms with Crippen molar-refractivity contribution in [3.8, 4) is 0 Å². The molecule has 1 nitrogen and oxygen atoms in total. The lowest BCUT2D eigenvalue weighted by atomic mass is 10.0. The van der Waals surface area contributed by atoms with Crippen LogP contribution in [-0.4, -0.2) is 6.18 Å². The van der Waals surface area contributed by atoms with Crippen molar-refractivity contribution in [1.82, 2.24) is 0 Å². The van der Waals surface area contributed by atoms with E-state index < -0.39 is 36.7 Å². The molecular weight excluding hydrogens is 309 g/mol. The van der Waals surface area contributed by atoms with Gasteiger partial charge >= 0.3 is 6.18 Å². The summed E-state index contributed by atoms with van der Waals surface area (Å²) in [5.74, 6) is -1.59. The molecule has 0 aliphatic heterocycles. The molecular formula is C10H9BrF5N. The average molecular weight is 318 g/mol. The Morgan fingerprint density at radius 2 is 1.76 bits per heavy atom. The average Bonchev–Trinajstić information content (AvgIpc) is 2.19. The fourth-order valence-electron chi connectivity index (χ4n) is 1.30. The molecule has 17 heavy (non-hydrogen) atoms. The zero-order valence-corrected chi connectivity index (χ0v) is 10.1.